The summed E-state index contributed by atoms with van der Waals surface area (Å²) in [4.78, 5) is 16.2. The molecule has 1 aromatic rings. The first-order valence-electron chi connectivity index (χ1n) is 4.42. The van der Waals surface area contributed by atoms with Gasteiger partial charge in [0.25, 0.3) is 0 Å². The third-order valence-electron chi connectivity index (χ3n) is 1.54. The van der Waals surface area contributed by atoms with Crippen LogP contribution in [0.1, 0.15) is 34.2 Å². The van der Waals surface area contributed by atoms with Gasteiger partial charge in [0.1, 0.15) is 9.88 Å². The minimum atomic E-state index is -0.310. The molecule has 0 aliphatic carbocycles. The summed E-state index contributed by atoms with van der Waals surface area (Å²) < 4.78 is 5.07. The molecule has 4 nitrogen and oxygen atoms in total. The second-order valence-corrected chi connectivity index (χ2v) is 4.26. The fourth-order valence-electron chi connectivity index (χ4n) is 0.997. The van der Waals surface area contributed by atoms with Crippen LogP contribution in [-0.2, 0) is 11.3 Å². The second-order valence-electron chi connectivity index (χ2n) is 3.18. The van der Waals surface area contributed by atoms with Crippen molar-refractivity contribution in [2.45, 2.75) is 33.4 Å². The lowest BCUT2D eigenvalue weighted by Gasteiger charge is -2.05. The molecule has 5 heteroatoms. The number of esters is 1. The molecule has 0 aromatic carbocycles. The van der Waals surface area contributed by atoms with Gasteiger partial charge in [-0.1, -0.05) is 0 Å². The number of carbonyl (C=O) groups excluding carboxylic acids is 1. The molecule has 0 radical (unpaired) electrons. The minimum absolute atomic E-state index is 0.106. The van der Waals surface area contributed by atoms with E-state index >= 15 is 0 Å². The van der Waals surface area contributed by atoms with Gasteiger partial charge in [-0.3, -0.25) is 0 Å². The van der Waals surface area contributed by atoms with E-state index in [9.17, 15) is 4.79 Å². The van der Waals surface area contributed by atoms with E-state index < -0.39 is 0 Å². The zero-order chi connectivity index (χ0) is 10.7. The smallest absolute Gasteiger partial charge is 0.350 e. The Hall–Kier alpha value is -0.940. The molecule has 1 heterocycles. The molecule has 0 spiro atoms. The second kappa shape index (κ2) is 4.52. The topological polar surface area (TPSA) is 65.2 Å². The number of nitrogens with zero attached hydrogens (tertiary/aromatic N) is 1. The highest BCUT2D eigenvalue weighted by atomic mass is 32.1. The first-order chi connectivity index (χ1) is 6.54. The van der Waals surface area contributed by atoms with Crippen molar-refractivity contribution >= 4 is 17.3 Å². The lowest BCUT2D eigenvalue weighted by atomic mass is 10.4. The lowest BCUT2D eigenvalue weighted by molar-refractivity contribution is 0.0382. The number of aryl methyl sites for hydroxylation is 1. The van der Waals surface area contributed by atoms with E-state index in [1.165, 1.54) is 11.3 Å². The van der Waals surface area contributed by atoms with Crippen molar-refractivity contribution < 1.29 is 9.53 Å². The van der Waals surface area contributed by atoms with Crippen LogP contribution in [0, 0.1) is 6.92 Å². The Bertz CT molecular complexity index is 334. The van der Waals surface area contributed by atoms with Crippen molar-refractivity contribution in [2.24, 2.45) is 5.73 Å². The number of hydrogen-bond donors (Lipinski definition) is 1. The van der Waals surface area contributed by atoms with Crippen LogP contribution < -0.4 is 5.73 Å². The third-order valence-corrected chi connectivity index (χ3v) is 2.70. The molecular formula is C9H14N2O2S. The highest BCUT2D eigenvalue weighted by Crippen LogP contribution is 2.19. The maximum Gasteiger partial charge on any atom is 0.350 e. The standard InChI is InChI=1S/C9H14N2O2S/c1-5(2)13-9(12)8-6(3)11-7(4-10)14-8/h5H,4,10H2,1-3H3. The first-order valence-corrected chi connectivity index (χ1v) is 5.23. The van der Waals surface area contributed by atoms with E-state index in [0.29, 0.717) is 17.1 Å². The van der Waals surface area contributed by atoms with Crippen molar-refractivity contribution in [1.29, 1.82) is 0 Å². The molecule has 0 bridgehead atoms. The predicted molar refractivity (Wildman–Crippen MR) is 55.3 cm³/mol. The maximum absolute atomic E-state index is 11.5. The van der Waals surface area contributed by atoms with Gasteiger partial charge in [-0.15, -0.1) is 11.3 Å². The number of ether oxygens (including phenoxy) is 1. The van der Waals surface area contributed by atoms with Crippen LogP contribution in [0.2, 0.25) is 0 Å². The van der Waals surface area contributed by atoms with E-state index in [4.69, 9.17) is 10.5 Å². The largest absolute Gasteiger partial charge is 0.459 e. The van der Waals surface area contributed by atoms with E-state index in [1.54, 1.807) is 6.92 Å². The molecule has 2 N–H and O–H groups in total. The zero-order valence-electron chi connectivity index (χ0n) is 8.53. The van der Waals surface area contributed by atoms with Crippen LogP contribution in [0.4, 0.5) is 0 Å². The first kappa shape index (κ1) is 11.1. The molecule has 0 unspecified atom stereocenters. The lowest BCUT2D eigenvalue weighted by Crippen LogP contribution is -2.11. The molecule has 0 saturated heterocycles. The quantitative estimate of drug-likeness (QED) is 0.774. The van der Waals surface area contributed by atoms with Crippen LogP contribution in [0.3, 0.4) is 0 Å². The maximum atomic E-state index is 11.5. The predicted octanol–water partition coefficient (Wildman–Crippen LogP) is 1.48. The molecule has 0 aliphatic rings. The third kappa shape index (κ3) is 2.52. The molecule has 0 fully saturated rings. The minimum Gasteiger partial charge on any atom is -0.459 e. The van der Waals surface area contributed by atoms with Gasteiger partial charge in [0.15, 0.2) is 0 Å². The number of rotatable bonds is 3. The Morgan fingerprint density at radius 1 is 1.64 bits per heavy atom. The summed E-state index contributed by atoms with van der Waals surface area (Å²) in [6.45, 7) is 5.78. The fourth-order valence-corrected chi connectivity index (χ4v) is 1.82. The summed E-state index contributed by atoms with van der Waals surface area (Å²) in [5, 5.41) is 0.762. The zero-order valence-corrected chi connectivity index (χ0v) is 9.35. The molecular weight excluding hydrogens is 200 g/mol. The van der Waals surface area contributed by atoms with E-state index in [2.05, 4.69) is 4.98 Å². The van der Waals surface area contributed by atoms with Gasteiger partial charge in [-0.05, 0) is 20.8 Å². The van der Waals surface area contributed by atoms with Gasteiger partial charge in [-0.2, -0.15) is 0 Å². The van der Waals surface area contributed by atoms with E-state index in [-0.39, 0.29) is 12.1 Å². The van der Waals surface area contributed by atoms with Gasteiger partial charge in [0.2, 0.25) is 0 Å². The molecule has 0 aliphatic heterocycles. The van der Waals surface area contributed by atoms with E-state index in [1.807, 2.05) is 13.8 Å². The molecule has 78 valence electrons. The van der Waals surface area contributed by atoms with Crippen molar-refractivity contribution in [3.05, 3.63) is 15.6 Å². The van der Waals surface area contributed by atoms with Gasteiger partial charge >= 0.3 is 5.97 Å². The summed E-state index contributed by atoms with van der Waals surface area (Å²) in [7, 11) is 0. The molecule has 1 aromatic heterocycles. The number of hydrogen-bond acceptors (Lipinski definition) is 5. The normalized spacial score (nSPS) is 10.6. The number of thiazole rings is 1. The summed E-state index contributed by atoms with van der Waals surface area (Å²) in [5.41, 5.74) is 6.12. The van der Waals surface area contributed by atoms with Crippen LogP contribution in [0.25, 0.3) is 0 Å². The summed E-state index contributed by atoms with van der Waals surface area (Å²) >= 11 is 1.30. The number of aromatic nitrogens is 1. The summed E-state index contributed by atoms with van der Waals surface area (Å²) in [6, 6.07) is 0. The average molecular weight is 214 g/mol. The van der Waals surface area contributed by atoms with Gasteiger partial charge in [0, 0.05) is 6.54 Å². The van der Waals surface area contributed by atoms with Crippen molar-refractivity contribution in [1.82, 2.24) is 4.98 Å². The van der Waals surface area contributed by atoms with Gasteiger partial charge in [-0.25, -0.2) is 9.78 Å². The van der Waals surface area contributed by atoms with Crippen LogP contribution in [0.5, 0.6) is 0 Å². The fraction of sp³-hybridized carbons (Fsp3) is 0.556. The molecule has 0 amide bonds. The monoisotopic (exact) mass is 214 g/mol. The van der Waals surface area contributed by atoms with E-state index in [0.717, 1.165) is 5.01 Å². The number of carbonyl (C=O) groups is 1. The van der Waals surface area contributed by atoms with Crippen molar-refractivity contribution in [2.75, 3.05) is 0 Å². The highest BCUT2D eigenvalue weighted by Gasteiger charge is 2.16. The summed E-state index contributed by atoms with van der Waals surface area (Å²) in [5.74, 6) is -0.310. The Morgan fingerprint density at radius 3 is 2.71 bits per heavy atom. The Kier molecular flexibility index (Phi) is 3.60. The van der Waals surface area contributed by atoms with Crippen molar-refractivity contribution in [3.8, 4) is 0 Å². The van der Waals surface area contributed by atoms with Crippen LogP contribution in [0.15, 0.2) is 0 Å². The molecule has 1 rings (SSSR count). The summed E-state index contributed by atoms with van der Waals surface area (Å²) in [6.07, 6.45) is -0.106. The Labute approximate surface area is 87.1 Å². The van der Waals surface area contributed by atoms with Gasteiger partial charge < -0.3 is 10.5 Å². The number of nitrogens with two attached hydrogens (primary N) is 1. The molecule has 0 atom stereocenters. The van der Waals surface area contributed by atoms with Crippen LogP contribution >= 0.6 is 11.3 Å². The van der Waals surface area contributed by atoms with Crippen LogP contribution in [-0.4, -0.2) is 17.1 Å². The van der Waals surface area contributed by atoms with Crippen molar-refractivity contribution in [3.63, 3.8) is 0 Å². The average Bonchev–Trinajstić information content (AvgIpc) is 2.45. The molecule has 14 heavy (non-hydrogen) atoms. The molecule has 0 saturated carbocycles. The Balaban J connectivity index is 2.84. The SMILES string of the molecule is Cc1nc(CN)sc1C(=O)OC(C)C. The highest BCUT2D eigenvalue weighted by molar-refractivity contribution is 7.13. The van der Waals surface area contributed by atoms with Gasteiger partial charge in [0.05, 0.1) is 11.8 Å². The Morgan fingerprint density at radius 2 is 2.29 bits per heavy atom.